The summed E-state index contributed by atoms with van der Waals surface area (Å²) in [5.74, 6) is -1.50. The number of imide groups is 2. The second-order valence-corrected chi connectivity index (χ2v) is 9.07. The zero-order chi connectivity index (χ0) is 25.8. The molecule has 0 saturated carbocycles. The minimum Gasteiger partial charge on any atom is -0.483 e. The maximum absolute atomic E-state index is 13.0. The van der Waals surface area contributed by atoms with Gasteiger partial charge in [-0.25, -0.2) is 9.69 Å². The molecule has 1 fully saturated rings. The Morgan fingerprint density at radius 3 is 2.50 bits per heavy atom. The van der Waals surface area contributed by atoms with Crippen LogP contribution in [0.2, 0.25) is 5.02 Å². The molecule has 3 aromatic rings. The van der Waals surface area contributed by atoms with Gasteiger partial charge >= 0.3 is 6.03 Å². The Hall–Kier alpha value is -3.95. The number of hydrogen-bond donors (Lipinski definition) is 2. The lowest BCUT2D eigenvalue weighted by Gasteiger charge is -2.26. The molecule has 5 amide bonds. The van der Waals surface area contributed by atoms with Crippen LogP contribution in [-0.2, 0) is 14.4 Å². The van der Waals surface area contributed by atoms with Gasteiger partial charge in [-0.1, -0.05) is 35.9 Å². The maximum Gasteiger partial charge on any atom is 0.335 e. The number of carbonyl (C=O) groups excluding carboxylic acids is 4. The van der Waals surface area contributed by atoms with Crippen molar-refractivity contribution >= 4 is 68.7 Å². The van der Waals surface area contributed by atoms with Crippen LogP contribution in [-0.4, -0.2) is 30.4 Å². The number of benzene rings is 3. The fourth-order valence-electron chi connectivity index (χ4n) is 3.42. The number of barbiturate groups is 1. The van der Waals surface area contributed by atoms with E-state index in [2.05, 4.69) is 26.6 Å². The smallest absolute Gasteiger partial charge is 0.335 e. The quantitative estimate of drug-likeness (QED) is 0.318. The molecule has 1 saturated heterocycles. The summed E-state index contributed by atoms with van der Waals surface area (Å²) in [4.78, 5) is 50.8. The molecule has 8 nitrogen and oxygen atoms in total. The van der Waals surface area contributed by atoms with Crippen LogP contribution in [0.5, 0.6) is 5.75 Å². The minimum absolute atomic E-state index is 0.216. The van der Waals surface area contributed by atoms with Crippen LogP contribution in [0.1, 0.15) is 11.1 Å². The Kier molecular flexibility index (Phi) is 7.52. The highest BCUT2D eigenvalue weighted by Gasteiger charge is 2.36. The zero-order valence-corrected chi connectivity index (χ0v) is 21.2. The number of rotatable bonds is 6. The zero-order valence-electron chi connectivity index (χ0n) is 18.9. The number of carbonyl (C=O) groups is 4. The Morgan fingerprint density at radius 2 is 1.81 bits per heavy atom. The number of amides is 5. The van der Waals surface area contributed by atoms with Gasteiger partial charge < -0.3 is 10.1 Å². The van der Waals surface area contributed by atoms with Crippen LogP contribution < -0.4 is 20.3 Å². The van der Waals surface area contributed by atoms with Gasteiger partial charge in [0.2, 0.25) is 0 Å². The van der Waals surface area contributed by atoms with E-state index < -0.39 is 17.8 Å². The first kappa shape index (κ1) is 25.2. The van der Waals surface area contributed by atoms with Crippen LogP contribution >= 0.6 is 27.5 Å². The van der Waals surface area contributed by atoms with E-state index in [1.54, 1.807) is 24.3 Å². The van der Waals surface area contributed by atoms with Crippen molar-refractivity contribution in [3.8, 4) is 5.75 Å². The molecule has 0 unspecified atom stereocenters. The van der Waals surface area contributed by atoms with Gasteiger partial charge in [0.15, 0.2) is 6.61 Å². The van der Waals surface area contributed by atoms with Crippen molar-refractivity contribution in [2.24, 2.45) is 0 Å². The molecule has 1 heterocycles. The normalized spacial score (nSPS) is 14.6. The van der Waals surface area contributed by atoms with E-state index in [4.69, 9.17) is 16.3 Å². The number of halogens is 2. The average Bonchev–Trinajstić information content (AvgIpc) is 2.84. The third-order valence-electron chi connectivity index (χ3n) is 5.23. The Labute approximate surface area is 220 Å². The lowest BCUT2D eigenvalue weighted by atomic mass is 10.1. The SMILES string of the molecule is Cc1ccccc1NC(=O)COc1ccc(/C=C2/C(=O)NC(=O)N(c3ccc(Cl)cc3)C2=O)cc1Br. The molecule has 0 atom stereocenters. The number of para-hydroxylation sites is 1. The Bertz CT molecular complexity index is 1400. The Balaban J connectivity index is 1.48. The van der Waals surface area contributed by atoms with Gasteiger partial charge in [-0.2, -0.15) is 0 Å². The topological polar surface area (TPSA) is 105 Å². The van der Waals surface area contributed by atoms with Crippen molar-refractivity contribution in [2.75, 3.05) is 16.8 Å². The fourth-order valence-corrected chi connectivity index (χ4v) is 4.05. The molecular formula is C26H19BrClN3O5. The van der Waals surface area contributed by atoms with Crippen molar-refractivity contribution in [1.82, 2.24) is 5.32 Å². The summed E-state index contributed by atoms with van der Waals surface area (Å²) < 4.78 is 6.12. The van der Waals surface area contributed by atoms with Crippen molar-refractivity contribution in [3.63, 3.8) is 0 Å². The summed E-state index contributed by atoms with van der Waals surface area (Å²) in [6, 6.07) is 17.5. The summed E-state index contributed by atoms with van der Waals surface area (Å²) in [7, 11) is 0. The molecule has 2 N–H and O–H groups in total. The largest absolute Gasteiger partial charge is 0.483 e. The van der Waals surface area contributed by atoms with Crippen molar-refractivity contribution in [1.29, 1.82) is 0 Å². The minimum atomic E-state index is -0.849. The van der Waals surface area contributed by atoms with Gasteiger partial charge in [0.1, 0.15) is 11.3 Å². The molecule has 0 aliphatic carbocycles. The van der Waals surface area contributed by atoms with E-state index in [-0.39, 0.29) is 23.8 Å². The lowest BCUT2D eigenvalue weighted by Crippen LogP contribution is -2.54. The van der Waals surface area contributed by atoms with Gasteiger partial charge in [0, 0.05) is 10.7 Å². The first-order valence-electron chi connectivity index (χ1n) is 10.7. The van der Waals surface area contributed by atoms with E-state index in [1.165, 1.54) is 30.3 Å². The monoisotopic (exact) mass is 567 g/mol. The van der Waals surface area contributed by atoms with Crippen LogP contribution in [0.15, 0.2) is 76.8 Å². The highest BCUT2D eigenvalue weighted by atomic mass is 79.9. The third kappa shape index (κ3) is 5.64. The summed E-state index contributed by atoms with van der Waals surface area (Å²) in [5.41, 5.74) is 2.19. The highest BCUT2D eigenvalue weighted by Crippen LogP contribution is 2.28. The molecule has 4 rings (SSSR count). The van der Waals surface area contributed by atoms with Crippen molar-refractivity contribution < 1.29 is 23.9 Å². The molecule has 3 aromatic carbocycles. The van der Waals surface area contributed by atoms with E-state index in [0.29, 0.717) is 26.5 Å². The van der Waals surface area contributed by atoms with E-state index >= 15 is 0 Å². The van der Waals surface area contributed by atoms with Gasteiger partial charge in [-0.3, -0.25) is 19.7 Å². The molecule has 0 spiro atoms. The molecule has 1 aliphatic rings. The average molecular weight is 569 g/mol. The van der Waals surface area contributed by atoms with E-state index in [9.17, 15) is 19.2 Å². The van der Waals surface area contributed by atoms with Gasteiger partial charge in [0.25, 0.3) is 17.7 Å². The summed E-state index contributed by atoms with van der Waals surface area (Å²) in [6.45, 7) is 1.68. The number of anilines is 2. The Morgan fingerprint density at radius 1 is 1.08 bits per heavy atom. The predicted molar refractivity (Wildman–Crippen MR) is 140 cm³/mol. The first-order chi connectivity index (χ1) is 17.2. The fraction of sp³-hybridized carbons (Fsp3) is 0.0769. The van der Waals surface area contributed by atoms with E-state index in [1.807, 2.05) is 25.1 Å². The summed E-state index contributed by atoms with van der Waals surface area (Å²) in [5, 5.41) is 5.40. The molecule has 10 heteroatoms. The molecule has 0 bridgehead atoms. The summed E-state index contributed by atoms with van der Waals surface area (Å²) in [6.07, 6.45) is 1.37. The predicted octanol–water partition coefficient (Wildman–Crippen LogP) is 5.09. The number of ether oxygens (including phenoxy) is 1. The van der Waals surface area contributed by atoms with Crippen molar-refractivity contribution in [3.05, 3.63) is 92.9 Å². The number of nitrogens with one attached hydrogen (secondary N) is 2. The van der Waals surface area contributed by atoms with Crippen LogP contribution in [0.3, 0.4) is 0 Å². The number of nitrogens with zero attached hydrogens (tertiary/aromatic N) is 1. The highest BCUT2D eigenvalue weighted by molar-refractivity contribution is 9.10. The van der Waals surface area contributed by atoms with Gasteiger partial charge in [0.05, 0.1) is 10.2 Å². The lowest BCUT2D eigenvalue weighted by molar-refractivity contribution is -0.122. The van der Waals surface area contributed by atoms with Crippen molar-refractivity contribution in [2.45, 2.75) is 6.92 Å². The van der Waals surface area contributed by atoms with Gasteiger partial charge in [-0.05, 0) is 82.5 Å². The molecule has 182 valence electrons. The second-order valence-electron chi connectivity index (χ2n) is 7.78. The molecule has 0 aromatic heterocycles. The first-order valence-corrected chi connectivity index (χ1v) is 11.8. The number of aryl methyl sites for hydroxylation is 1. The third-order valence-corrected chi connectivity index (χ3v) is 6.10. The van der Waals surface area contributed by atoms with Gasteiger partial charge in [-0.15, -0.1) is 0 Å². The van der Waals surface area contributed by atoms with Crippen LogP contribution in [0.25, 0.3) is 6.08 Å². The standard InChI is InChI=1S/C26H19BrClN3O5/c1-15-4-2-3-5-21(15)29-23(32)14-36-22-11-6-16(13-20(22)27)12-19-24(33)30-26(35)31(25(19)34)18-9-7-17(28)8-10-18/h2-13H,14H2,1H3,(H,29,32)(H,30,33,35)/b19-12-. The molecule has 0 radical (unpaired) electrons. The maximum atomic E-state index is 13.0. The van der Waals surface area contributed by atoms with Crippen LogP contribution in [0.4, 0.5) is 16.2 Å². The summed E-state index contributed by atoms with van der Waals surface area (Å²) >= 11 is 9.27. The molecule has 1 aliphatic heterocycles. The van der Waals surface area contributed by atoms with E-state index in [0.717, 1.165) is 10.5 Å². The molecular weight excluding hydrogens is 550 g/mol. The number of hydrogen-bond acceptors (Lipinski definition) is 5. The molecule has 36 heavy (non-hydrogen) atoms. The van der Waals surface area contributed by atoms with Crippen LogP contribution in [0, 0.1) is 6.92 Å². The number of urea groups is 1. The second kappa shape index (κ2) is 10.8.